The first-order valence-electron chi connectivity index (χ1n) is 11.2. The number of aromatic carboxylic acids is 2. The highest BCUT2D eigenvalue weighted by Gasteiger charge is 2.35. The number of hydrogen-bond donors (Lipinski definition) is 3. The Bertz CT molecular complexity index is 1550. The summed E-state index contributed by atoms with van der Waals surface area (Å²) >= 11 is 7.23. The van der Waals surface area contributed by atoms with E-state index in [0.29, 0.717) is 20.6 Å². The summed E-state index contributed by atoms with van der Waals surface area (Å²) in [7, 11) is 1.45. The lowest BCUT2D eigenvalue weighted by Crippen LogP contribution is -2.54. The molecule has 2 amide bonds. The Labute approximate surface area is 241 Å². The molecule has 1 aliphatic rings. The summed E-state index contributed by atoms with van der Waals surface area (Å²) in [5.41, 5.74) is 1.32. The fourth-order valence-corrected chi connectivity index (χ4v) is 4.76. The number of carboxylic acids is 2. The Morgan fingerprint density at radius 2 is 1.72 bits per heavy atom. The average molecular weight is 658 g/mol. The molecule has 0 radical (unpaired) electrons. The van der Waals surface area contributed by atoms with E-state index in [1.807, 2.05) is 22.6 Å². The molecule has 39 heavy (non-hydrogen) atoms. The van der Waals surface area contributed by atoms with Crippen LogP contribution in [0.5, 0.6) is 11.5 Å². The summed E-state index contributed by atoms with van der Waals surface area (Å²) in [5.74, 6) is -2.84. The molecule has 3 aromatic rings. The van der Waals surface area contributed by atoms with Crippen molar-refractivity contribution in [1.82, 2.24) is 5.32 Å². The molecular weight excluding hydrogens is 639 g/mol. The number of hydrogen-bond acceptors (Lipinski definition) is 7. The van der Waals surface area contributed by atoms with Crippen molar-refractivity contribution in [3.8, 4) is 11.5 Å². The van der Waals surface area contributed by atoms with Crippen molar-refractivity contribution in [3.05, 3.63) is 92.1 Å². The van der Waals surface area contributed by atoms with Gasteiger partial charge in [0, 0.05) is 0 Å². The van der Waals surface area contributed by atoms with Gasteiger partial charge in [0.05, 0.1) is 27.5 Å². The van der Waals surface area contributed by atoms with Gasteiger partial charge in [0.2, 0.25) is 0 Å². The van der Waals surface area contributed by atoms with Crippen LogP contribution in [0.4, 0.5) is 5.69 Å². The third kappa shape index (κ3) is 6.07. The monoisotopic (exact) mass is 658 g/mol. The van der Waals surface area contributed by atoms with Crippen molar-refractivity contribution in [2.24, 2.45) is 0 Å². The lowest BCUT2D eigenvalue weighted by atomic mass is 10.1. The van der Waals surface area contributed by atoms with Crippen molar-refractivity contribution in [2.45, 2.75) is 6.61 Å². The van der Waals surface area contributed by atoms with E-state index in [1.54, 1.807) is 24.3 Å². The Hall–Kier alpha value is -4.30. The van der Waals surface area contributed by atoms with Crippen LogP contribution >= 0.6 is 34.8 Å². The quantitative estimate of drug-likeness (QED) is 0.141. The van der Waals surface area contributed by atoms with Crippen LogP contribution in [-0.2, 0) is 16.2 Å². The summed E-state index contributed by atoms with van der Waals surface area (Å²) in [6, 6.07) is 15.2. The molecule has 1 fully saturated rings. The number of amides is 2. The molecule has 0 spiro atoms. The summed E-state index contributed by atoms with van der Waals surface area (Å²) in [5, 5.41) is 20.6. The zero-order valence-corrected chi connectivity index (χ0v) is 23.1. The molecule has 1 saturated heterocycles. The highest BCUT2D eigenvalue weighted by Crippen LogP contribution is 2.35. The Balaban J connectivity index is 1.62. The zero-order chi connectivity index (χ0) is 28.3. The molecule has 4 rings (SSSR count). The van der Waals surface area contributed by atoms with Gasteiger partial charge >= 0.3 is 11.9 Å². The molecule has 0 aliphatic carbocycles. The van der Waals surface area contributed by atoms with Crippen LogP contribution in [0.25, 0.3) is 6.08 Å². The van der Waals surface area contributed by atoms with Gasteiger partial charge < -0.3 is 19.7 Å². The van der Waals surface area contributed by atoms with E-state index in [2.05, 4.69) is 5.32 Å². The Morgan fingerprint density at radius 1 is 1.03 bits per heavy atom. The molecule has 3 N–H and O–H groups in total. The number of methoxy groups -OCH3 is 1. The maximum atomic E-state index is 13.3. The van der Waals surface area contributed by atoms with Crippen molar-refractivity contribution in [3.63, 3.8) is 0 Å². The fourth-order valence-electron chi connectivity index (χ4n) is 3.70. The smallest absolute Gasteiger partial charge is 0.335 e. The Kier molecular flexibility index (Phi) is 8.26. The van der Waals surface area contributed by atoms with Gasteiger partial charge in [-0.05, 0) is 94.5 Å². The fraction of sp³-hybridized carbons (Fsp3) is 0.0741. The minimum absolute atomic E-state index is 0.0433. The number of carboxylic acid groups (broad SMARTS) is 2. The van der Waals surface area contributed by atoms with E-state index >= 15 is 0 Å². The Morgan fingerprint density at radius 3 is 2.36 bits per heavy atom. The van der Waals surface area contributed by atoms with Crippen LogP contribution < -0.4 is 19.7 Å². The summed E-state index contributed by atoms with van der Waals surface area (Å²) in [4.78, 5) is 49.5. The van der Waals surface area contributed by atoms with Crippen LogP contribution in [0.3, 0.4) is 0 Å². The third-order valence-corrected chi connectivity index (χ3v) is 6.69. The van der Waals surface area contributed by atoms with Gasteiger partial charge in [-0.2, -0.15) is 0 Å². The van der Waals surface area contributed by atoms with E-state index in [4.69, 9.17) is 26.8 Å². The molecule has 0 aromatic heterocycles. The highest BCUT2D eigenvalue weighted by molar-refractivity contribution is 14.1. The molecule has 3 aromatic carbocycles. The minimum atomic E-state index is -1.17. The van der Waals surface area contributed by atoms with Crippen LogP contribution in [0.15, 0.2) is 66.2 Å². The topological polar surface area (TPSA) is 142 Å². The van der Waals surface area contributed by atoms with Crippen molar-refractivity contribution < 1.29 is 38.9 Å². The largest absolute Gasteiger partial charge is 0.493 e. The van der Waals surface area contributed by atoms with Crippen molar-refractivity contribution in [1.29, 1.82) is 0 Å². The zero-order valence-electron chi connectivity index (χ0n) is 20.1. The first-order valence-corrected chi connectivity index (χ1v) is 12.6. The van der Waals surface area contributed by atoms with Crippen molar-refractivity contribution in [2.75, 3.05) is 12.0 Å². The normalized spacial score (nSPS) is 14.3. The van der Waals surface area contributed by atoms with E-state index in [1.165, 1.54) is 49.6 Å². The summed E-state index contributed by atoms with van der Waals surface area (Å²) < 4.78 is 12.0. The molecule has 0 saturated carbocycles. The predicted octanol–water partition coefficient (Wildman–Crippen LogP) is 4.11. The number of carbonyl (C=O) groups is 4. The molecule has 1 aliphatic heterocycles. The van der Waals surface area contributed by atoms with E-state index in [9.17, 15) is 24.3 Å². The number of anilines is 1. The van der Waals surface area contributed by atoms with Crippen LogP contribution in [0, 0.1) is 3.57 Å². The number of carbonyl (C=O) groups excluding carboxylic acids is 2. The second-order valence-electron chi connectivity index (χ2n) is 8.14. The molecule has 0 unspecified atom stereocenters. The third-order valence-electron chi connectivity index (χ3n) is 5.60. The van der Waals surface area contributed by atoms with Crippen molar-refractivity contribution >= 4 is 75.4 Å². The van der Waals surface area contributed by atoms with Gasteiger partial charge in [0.15, 0.2) is 16.6 Å². The molecule has 0 bridgehead atoms. The second-order valence-corrected chi connectivity index (χ2v) is 9.69. The molecule has 1 heterocycles. The lowest BCUT2D eigenvalue weighted by molar-refractivity contribution is -0.122. The van der Waals surface area contributed by atoms with Crippen LogP contribution in [0.1, 0.15) is 31.8 Å². The van der Waals surface area contributed by atoms with Gasteiger partial charge in [0.25, 0.3) is 11.8 Å². The second kappa shape index (κ2) is 11.6. The van der Waals surface area contributed by atoms with E-state index in [0.717, 1.165) is 10.5 Å². The SMILES string of the molecule is COc1cc(C=C2C(=O)NC(=S)N(c3cccc(C(=O)O)c3)C2=O)cc(I)c1OCc1ccc(C(=O)O)cc1. The number of thiocarbonyl (C=S) groups is 1. The van der Waals surface area contributed by atoms with Gasteiger partial charge in [-0.3, -0.25) is 19.8 Å². The minimum Gasteiger partial charge on any atom is -0.493 e. The molecule has 0 atom stereocenters. The standard InChI is InChI=1S/C27H19IN2O8S/c1-37-21-11-15(10-20(28)22(21)38-13-14-5-7-16(8-6-14)25(33)34)9-19-23(31)29-27(39)30(24(19)32)18-4-2-3-17(12-18)26(35)36/h2-12H,13H2,1H3,(H,33,34)(H,35,36)(H,29,31,39). The van der Waals surface area contributed by atoms with Crippen LogP contribution in [0.2, 0.25) is 0 Å². The molecule has 12 heteroatoms. The highest BCUT2D eigenvalue weighted by atomic mass is 127. The molecule has 10 nitrogen and oxygen atoms in total. The number of nitrogens with zero attached hydrogens (tertiary/aromatic N) is 1. The number of halogens is 1. The average Bonchev–Trinajstić information content (AvgIpc) is 2.90. The molecular formula is C27H19IN2O8S. The summed E-state index contributed by atoms with van der Waals surface area (Å²) in [6.07, 6.45) is 1.38. The first-order chi connectivity index (χ1) is 18.6. The summed E-state index contributed by atoms with van der Waals surface area (Å²) in [6.45, 7) is 0.148. The molecule has 198 valence electrons. The lowest BCUT2D eigenvalue weighted by Gasteiger charge is -2.29. The van der Waals surface area contributed by atoms with Gasteiger partial charge in [-0.15, -0.1) is 0 Å². The van der Waals surface area contributed by atoms with E-state index < -0.39 is 23.8 Å². The first kappa shape index (κ1) is 27.7. The number of ether oxygens (including phenoxy) is 2. The number of nitrogens with one attached hydrogen (secondary N) is 1. The number of benzene rings is 3. The van der Waals surface area contributed by atoms with E-state index in [-0.39, 0.29) is 34.1 Å². The number of rotatable bonds is 8. The van der Waals surface area contributed by atoms with Gasteiger partial charge in [-0.25, -0.2) is 9.59 Å². The van der Waals surface area contributed by atoms with Crippen LogP contribution in [-0.4, -0.2) is 46.2 Å². The maximum absolute atomic E-state index is 13.3. The van der Waals surface area contributed by atoms with Gasteiger partial charge in [0.1, 0.15) is 12.2 Å². The van der Waals surface area contributed by atoms with Gasteiger partial charge in [-0.1, -0.05) is 18.2 Å². The maximum Gasteiger partial charge on any atom is 0.335 e. The predicted molar refractivity (Wildman–Crippen MR) is 153 cm³/mol.